The number of carbonyl (C=O) groups is 1. The lowest BCUT2D eigenvalue weighted by Crippen LogP contribution is -2.34. The summed E-state index contributed by atoms with van der Waals surface area (Å²) in [6, 6.07) is 17.5. The highest BCUT2D eigenvalue weighted by molar-refractivity contribution is 6.32. The third-order valence-electron chi connectivity index (χ3n) is 5.27. The van der Waals surface area contributed by atoms with Crippen molar-refractivity contribution < 1.29 is 9.53 Å². The number of hydrogen-bond acceptors (Lipinski definition) is 4. The van der Waals surface area contributed by atoms with Gasteiger partial charge in [0, 0.05) is 35.5 Å². The molecule has 4 aromatic rings. The molecule has 0 radical (unpaired) electrons. The van der Waals surface area contributed by atoms with E-state index in [0.29, 0.717) is 29.3 Å². The number of benzene rings is 3. The van der Waals surface area contributed by atoms with E-state index in [1.54, 1.807) is 12.4 Å². The summed E-state index contributed by atoms with van der Waals surface area (Å²) >= 11 is 6.46. The molecule has 1 N–H and O–H groups in total. The summed E-state index contributed by atoms with van der Waals surface area (Å²) in [5, 5.41) is 5.53. The van der Waals surface area contributed by atoms with Gasteiger partial charge in [-0.1, -0.05) is 48.0 Å². The number of amides is 1. The fraction of sp³-hybridized carbons (Fsp3) is 0.125. The molecule has 2 heterocycles. The van der Waals surface area contributed by atoms with Crippen molar-refractivity contribution >= 4 is 28.3 Å². The van der Waals surface area contributed by atoms with Gasteiger partial charge >= 0.3 is 0 Å². The van der Waals surface area contributed by atoms with Crippen molar-refractivity contribution in [2.24, 2.45) is 0 Å². The maximum Gasteiger partial charge on any atom is 0.252 e. The number of ether oxygens (including phenoxy) is 1. The summed E-state index contributed by atoms with van der Waals surface area (Å²) in [4.78, 5) is 20.9. The van der Waals surface area contributed by atoms with Gasteiger partial charge in [0.2, 0.25) is 0 Å². The first-order valence-electron chi connectivity index (χ1n) is 9.69. The Balaban J connectivity index is 1.31. The van der Waals surface area contributed by atoms with Gasteiger partial charge in [-0.3, -0.25) is 4.79 Å². The third kappa shape index (κ3) is 3.48. The highest BCUT2D eigenvalue weighted by Crippen LogP contribution is 2.39. The first-order valence-corrected chi connectivity index (χ1v) is 10.1. The monoisotopic (exact) mass is 415 g/mol. The highest BCUT2D eigenvalue weighted by Gasteiger charge is 2.26. The Hall–Kier alpha value is -3.44. The summed E-state index contributed by atoms with van der Waals surface area (Å²) in [5.41, 5.74) is 3.53. The van der Waals surface area contributed by atoms with Crippen molar-refractivity contribution in [3.63, 3.8) is 0 Å². The Morgan fingerprint density at radius 3 is 2.73 bits per heavy atom. The lowest BCUT2D eigenvalue weighted by molar-refractivity contribution is 0.0935. The van der Waals surface area contributed by atoms with Crippen LogP contribution in [-0.2, 0) is 6.42 Å². The first-order chi connectivity index (χ1) is 14.7. The molecule has 1 aliphatic heterocycles. The molecule has 1 atom stereocenters. The molecule has 3 aromatic carbocycles. The molecular formula is C24H18ClN3O2. The second-order valence-electron chi connectivity index (χ2n) is 7.25. The van der Waals surface area contributed by atoms with Gasteiger partial charge in [-0.15, -0.1) is 0 Å². The van der Waals surface area contributed by atoms with Crippen LogP contribution in [0.25, 0.3) is 21.9 Å². The number of fused-ring (bicyclic) bond motifs is 2. The Kier molecular flexibility index (Phi) is 4.81. The van der Waals surface area contributed by atoms with E-state index in [2.05, 4.69) is 15.3 Å². The topological polar surface area (TPSA) is 64.1 Å². The van der Waals surface area contributed by atoms with Gasteiger partial charge in [0.25, 0.3) is 5.91 Å². The van der Waals surface area contributed by atoms with E-state index in [-0.39, 0.29) is 12.0 Å². The van der Waals surface area contributed by atoms with Crippen molar-refractivity contribution in [3.8, 4) is 16.9 Å². The molecule has 30 heavy (non-hydrogen) atoms. The average Bonchev–Trinajstić information content (AvgIpc) is 3.21. The highest BCUT2D eigenvalue weighted by atomic mass is 35.5. The number of hydrogen-bond donors (Lipinski definition) is 1. The van der Waals surface area contributed by atoms with Crippen LogP contribution in [0.15, 0.2) is 73.3 Å². The van der Waals surface area contributed by atoms with Crippen LogP contribution in [0.4, 0.5) is 0 Å². The Morgan fingerprint density at radius 2 is 1.87 bits per heavy atom. The average molecular weight is 416 g/mol. The number of rotatable bonds is 4. The van der Waals surface area contributed by atoms with Gasteiger partial charge in [0.05, 0.1) is 11.6 Å². The zero-order valence-electron chi connectivity index (χ0n) is 16.0. The Morgan fingerprint density at radius 1 is 1.07 bits per heavy atom. The zero-order chi connectivity index (χ0) is 20.5. The van der Waals surface area contributed by atoms with Crippen LogP contribution in [0.2, 0.25) is 5.02 Å². The van der Waals surface area contributed by atoms with Crippen LogP contribution in [0.5, 0.6) is 5.75 Å². The van der Waals surface area contributed by atoms with E-state index < -0.39 is 0 Å². The molecule has 1 amide bonds. The first kappa shape index (κ1) is 18.6. The molecule has 0 fully saturated rings. The second-order valence-corrected chi connectivity index (χ2v) is 7.66. The minimum atomic E-state index is -0.168. The van der Waals surface area contributed by atoms with Gasteiger partial charge in [-0.2, -0.15) is 0 Å². The van der Waals surface area contributed by atoms with Gasteiger partial charge in [0.1, 0.15) is 18.2 Å². The van der Waals surface area contributed by atoms with Crippen LogP contribution in [0.3, 0.4) is 0 Å². The van der Waals surface area contributed by atoms with Crippen molar-refractivity contribution in [3.05, 3.63) is 89.5 Å². The fourth-order valence-electron chi connectivity index (χ4n) is 3.84. The largest absolute Gasteiger partial charge is 0.486 e. The van der Waals surface area contributed by atoms with E-state index in [4.69, 9.17) is 16.3 Å². The molecule has 1 aromatic heterocycles. The Labute approximate surface area is 178 Å². The summed E-state index contributed by atoms with van der Waals surface area (Å²) in [5.74, 6) is 0.571. The van der Waals surface area contributed by atoms with Crippen LogP contribution in [0, 0.1) is 0 Å². The number of halogens is 1. The summed E-state index contributed by atoms with van der Waals surface area (Å²) < 4.78 is 6.02. The van der Waals surface area contributed by atoms with E-state index >= 15 is 0 Å². The normalized spacial score (nSPS) is 14.9. The molecule has 0 aliphatic carbocycles. The van der Waals surface area contributed by atoms with Crippen LogP contribution < -0.4 is 10.1 Å². The molecule has 0 unspecified atom stereocenters. The van der Waals surface area contributed by atoms with E-state index in [9.17, 15) is 4.79 Å². The minimum Gasteiger partial charge on any atom is -0.486 e. The molecule has 0 saturated carbocycles. The van der Waals surface area contributed by atoms with Crippen LogP contribution in [-0.4, -0.2) is 28.5 Å². The quantitative estimate of drug-likeness (QED) is 0.525. The number of carbonyl (C=O) groups excluding carboxylic acids is 1. The second kappa shape index (κ2) is 7.76. The van der Waals surface area contributed by atoms with E-state index in [1.165, 1.54) is 6.33 Å². The Bertz CT molecular complexity index is 1240. The lowest BCUT2D eigenvalue weighted by atomic mass is 10.0. The molecule has 5 rings (SSSR count). The standard InChI is InChI=1S/C24H18ClN3O2/c25-22-10-16(18-11-26-14-27-12-18)8-17-9-19(30-23(17)22)13-28-24(29)21-7-3-5-15-4-1-2-6-20(15)21/h1-8,10-12,14,19H,9,13H2,(H,28,29)/t19-/m1/s1. The van der Waals surface area contributed by atoms with Crippen LogP contribution >= 0.6 is 11.6 Å². The van der Waals surface area contributed by atoms with E-state index in [1.807, 2.05) is 54.6 Å². The van der Waals surface area contributed by atoms with E-state index in [0.717, 1.165) is 27.5 Å². The summed E-state index contributed by atoms with van der Waals surface area (Å²) in [6.07, 6.45) is 5.51. The third-order valence-corrected chi connectivity index (χ3v) is 5.55. The van der Waals surface area contributed by atoms with Gasteiger partial charge in [-0.05, 0) is 34.5 Å². The zero-order valence-corrected chi connectivity index (χ0v) is 16.8. The lowest BCUT2D eigenvalue weighted by Gasteiger charge is -2.13. The minimum absolute atomic E-state index is 0.112. The molecule has 1 aliphatic rings. The molecule has 5 nitrogen and oxygen atoms in total. The molecule has 6 heteroatoms. The SMILES string of the molecule is O=C(NC[C@H]1Cc2cc(-c3cncnc3)cc(Cl)c2O1)c1cccc2ccccc12. The maximum absolute atomic E-state index is 12.8. The molecule has 148 valence electrons. The van der Waals surface area contributed by atoms with Crippen molar-refractivity contribution in [2.45, 2.75) is 12.5 Å². The number of aromatic nitrogens is 2. The summed E-state index contributed by atoms with van der Waals surface area (Å²) in [6.45, 7) is 0.400. The molecule has 0 spiro atoms. The molecule has 0 saturated heterocycles. The van der Waals surface area contributed by atoms with Gasteiger partial charge in [-0.25, -0.2) is 9.97 Å². The number of nitrogens with zero attached hydrogens (tertiary/aromatic N) is 2. The van der Waals surface area contributed by atoms with Crippen molar-refractivity contribution in [1.29, 1.82) is 0 Å². The van der Waals surface area contributed by atoms with Gasteiger partial charge in [0.15, 0.2) is 0 Å². The van der Waals surface area contributed by atoms with Gasteiger partial charge < -0.3 is 10.1 Å². The van der Waals surface area contributed by atoms with Crippen LogP contribution in [0.1, 0.15) is 15.9 Å². The van der Waals surface area contributed by atoms with Crippen molar-refractivity contribution in [2.75, 3.05) is 6.54 Å². The molecular weight excluding hydrogens is 398 g/mol. The smallest absolute Gasteiger partial charge is 0.252 e. The summed E-state index contributed by atoms with van der Waals surface area (Å²) in [7, 11) is 0. The molecule has 0 bridgehead atoms. The van der Waals surface area contributed by atoms with Crippen molar-refractivity contribution in [1.82, 2.24) is 15.3 Å². The predicted molar refractivity (Wildman–Crippen MR) is 117 cm³/mol. The maximum atomic E-state index is 12.8. The predicted octanol–water partition coefficient (Wildman–Crippen LogP) is 4.68. The fourth-order valence-corrected chi connectivity index (χ4v) is 4.12. The number of nitrogens with one attached hydrogen (secondary N) is 1.